The summed E-state index contributed by atoms with van der Waals surface area (Å²) in [4.78, 5) is 1.80. The Morgan fingerprint density at radius 1 is 1.40 bits per heavy atom. The van der Waals surface area contributed by atoms with Crippen molar-refractivity contribution in [1.82, 2.24) is 5.27 Å². The molecule has 1 aromatic rings. The summed E-state index contributed by atoms with van der Waals surface area (Å²) < 4.78 is 4.94. The van der Waals surface area contributed by atoms with E-state index < -0.39 is 0 Å². The molecule has 5 heteroatoms. The van der Waals surface area contributed by atoms with Crippen molar-refractivity contribution in [1.29, 1.82) is 0 Å². The molecule has 0 spiro atoms. The Balaban J connectivity index is 2.18. The molecule has 0 saturated carbocycles. The normalized spacial score (nSPS) is 17.0. The summed E-state index contributed by atoms with van der Waals surface area (Å²) in [6.45, 7) is 4.15. The van der Waals surface area contributed by atoms with Crippen LogP contribution in [-0.2, 0) is 6.42 Å². The topological polar surface area (TPSA) is 57.0 Å². The maximum absolute atomic E-state index is 7.64. The Bertz CT molecular complexity index is 317. The first kappa shape index (κ1) is 10.3. The van der Waals surface area contributed by atoms with E-state index in [4.69, 9.17) is 10.3 Å². The van der Waals surface area contributed by atoms with Crippen molar-refractivity contribution in [3.8, 4) is 0 Å². The highest BCUT2D eigenvalue weighted by molar-refractivity contribution is 5.31. The van der Waals surface area contributed by atoms with E-state index in [9.17, 15) is 0 Å². The van der Waals surface area contributed by atoms with Gasteiger partial charge in [-0.15, -0.1) is 0 Å². The Morgan fingerprint density at radius 2 is 2.13 bits per heavy atom. The van der Waals surface area contributed by atoms with E-state index in [0.29, 0.717) is 0 Å². The van der Waals surface area contributed by atoms with Crippen LogP contribution in [0.25, 0.3) is 5.73 Å². The molecule has 0 aromatic carbocycles. The number of nitrogens with zero attached hydrogens (tertiary/aromatic N) is 3. The van der Waals surface area contributed by atoms with E-state index in [0.717, 1.165) is 31.6 Å². The van der Waals surface area contributed by atoms with Gasteiger partial charge in [0.2, 0.25) is 5.27 Å². The van der Waals surface area contributed by atoms with Crippen molar-refractivity contribution >= 4 is 5.88 Å². The quantitative estimate of drug-likeness (QED) is 0.714. The molecule has 84 valence electrons. The highest BCUT2D eigenvalue weighted by Crippen LogP contribution is 2.15. The minimum absolute atomic E-state index is 0.211. The molecule has 0 amide bonds. The molecule has 1 aliphatic heterocycles. The predicted octanol–water partition coefficient (Wildman–Crippen LogP) is 1.72. The van der Waals surface area contributed by atoms with Crippen LogP contribution in [0.2, 0.25) is 0 Å². The van der Waals surface area contributed by atoms with Crippen LogP contribution in [-0.4, -0.2) is 18.4 Å². The van der Waals surface area contributed by atoms with Crippen LogP contribution in [0.3, 0.4) is 0 Å². The summed E-state index contributed by atoms with van der Waals surface area (Å²) >= 11 is 0. The number of nitrogens with one attached hydrogen (secondary N) is 1. The molecule has 1 aromatic heterocycles. The number of rotatable bonds is 3. The lowest BCUT2D eigenvalue weighted by Crippen LogP contribution is -2.62. The van der Waals surface area contributed by atoms with Gasteiger partial charge in [0.15, 0.2) is 0 Å². The second kappa shape index (κ2) is 4.51. The third-order valence-electron chi connectivity index (χ3n) is 2.80. The lowest BCUT2D eigenvalue weighted by atomic mass is 10.2. The van der Waals surface area contributed by atoms with Gasteiger partial charge in [0.05, 0.1) is 17.9 Å². The first-order valence-electron chi connectivity index (χ1n) is 5.70. The summed E-state index contributed by atoms with van der Waals surface area (Å²) in [6, 6.07) is 0. The molecule has 1 N–H and O–H groups in total. The maximum atomic E-state index is 7.64. The molecular weight excluding hydrogens is 192 g/mol. The van der Waals surface area contributed by atoms with Gasteiger partial charge in [0, 0.05) is 6.42 Å². The summed E-state index contributed by atoms with van der Waals surface area (Å²) in [5.74, 6) is 0.211. The van der Waals surface area contributed by atoms with E-state index >= 15 is 0 Å². The fourth-order valence-electron chi connectivity index (χ4n) is 2.01. The second-order valence-corrected chi connectivity index (χ2v) is 4.00. The standard InChI is InChI=1S/C10H18N4O/c1-2-6-9-10(11)15-12-14(9)13-7-4-3-5-8-13/h11H,2-8H2,1H3. The van der Waals surface area contributed by atoms with Crippen molar-refractivity contribution in [2.75, 3.05) is 18.1 Å². The fourth-order valence-corrected chi connectivity index (χ4v) is 2.01. The van der Waals surface area contributed by atoms with Crippen LogP contribution >= 0.6 is 0 Å². The van der Waals surface area contributed by atoms with E-state index in [-0.39, 0.29) is 5.88 Å². The fraction of sp³-hybridized carbons (Fsp3) is 0.800. The van der Waals surface area contributed by atoms with Gasteiger partial charge in [-0.3, -0.25) is 0 Å². The smallest absolute Gasteiger partial charge is 0.268 e. The SMILES string of the molecule is CCCc1c([NH-])on[n+]1N1CCCCC1. The van der Waals surface area contributed by atoms with Gasteiger partial charge in [-0.05, 0) is 25.7 Å². The van der Waals surface area contributed by atoms with E-state index in [1.807, 2.05) is 0 Å². The predicted molar refractivity (Wildman–Crippen MR) is 56.5 cm³/mol. The van der Waals surface area contributed by atoms with Gasteiger partial charge >= 0.3 is 0 Å². The zero-order chi connectivity index (χ0) is 10.7. The van der Waals surface area contributed by atoms with Crippen molar-refractivity contribution in [2.45, 2.75) is 39.0 Å². The van der Waals surface area contributed by atoms with Crippen molar-refractivity contribution in [2.24, 2.45) is 0 Å². The van der Waals surface area contributed by atoms with Crippen LogP contribution in [0.15, 0.2) is 4.52 Å². The summed E-state index contributed by atoms with van der Waals surface area (Å²) in [5, 5.41) is 6.11. The van der Waals surface area contributed by atoms with E-state index in [1.54, 1.807) is 4.79 Å². The molecular formula is C10H18N4O. The number of aromatic nitrogens is 2. The van der Waals surface area contributed by atoms with Gasteiger partial charge in [-0.1, -0.05) is 6.92 Å². The average molecular weight is 210 g/mol. The Hall–Kier alpha value is -1.26. The number of hydrogen-bond acceptors (Lipinski definition) is 3. The molecule has 1 aliphatic rings. The van der Waals surface area contributed by atoms with Crippen LogP contribution in [0.4, 0.5) is 5.88 Å². The van der Waals surface area contributed by atoms with Gasteiger partial charge in [0.1, 0.15) is 5.88 Å². The minimum Gasteiger partial charge on any atom is -0.660 e. The van der Waals surface area contributed by atoms with E-state index in [1.165, 1.54) is 19.3 Å². The number of hydrogen-bond donors (Lipinski definition) is 0. The van der Waals surface area contributed by atoms with Gasteiger partial charge < -0.3 is 10.3 Å². The average Bonchev–Trinajstić information content (AvgIpc) is 2.63. The molecule has 2 rings (SSSR count). The highest BCUT2D eigenvalue weighted by atomic mass is 16.5. The first-order valence-corrected chi connectivity index (χ1v) is 5.70. The molecule has 0 bridgehead atoms. The van der Waals surface area contributed by atoms with Gasteiger partial charge in [-0.25, -0.2) is 0 Å². The van der Waals surface area contributed by atoms with Crippen LogP contribution in [0.5, 0.6) is 0 Å². The van der Waals surface area contributed by atoms with Crippen molar-refractivity contribution < 1.29 is 9.31 Å². The minimum atomic E-state index is 0.211. The highest BCUT2D eigenvalue weighted by Gasteiger charge is 2.26. The van der Waals surface area contributed by atoms with Crippen LogP contribution in [0, 0.1) is 0 Å². The molecule has 0 atom stereocenters. The molecule has 15 heavy (non-hydrogen) atoms. The molecule has 1 fully saturated rings. The van der Waals surface area contributed by atoms with Crippen molar-refractivity contribution in [3.63, 3.8) is 0 Å². The third-order valence-corrected chi connectivity index (χ3v) is 2.80. The first-order chi connectivity index (χ1) is 7.33. The van der Waals surface area contributed by atoms with Crippen LogP contribution in [0.1, 0.15) is 38.3 Å². The summed E-state index contributed by atoms with van der Waals surface area (Å²) in [5.41, 5.74) is 8.54. The number of piperidine rings is 1. The summed E-state index contributed by atoms with van der Waals surface area (Å²) in [6.07, 6.45) is 5.59. The second-order valence-electron chi connectivity index (χ2n) is 4.00. The monoisotopic (exact) mass is 210 g/mol. The zero-order valence-corrected chi connectivity index (χ0v) is 9.20. The lowest BCUT2D eigenvalue weighted by molar-refractivity contribution is -0.765. The molecule has 2 heterocycles. The third kappa shape index (κ3) is 2.06. The van der Waals surface area contributed by atoms with E-state index in [2.05, 4.69) is 17.2 Å². The molecule has 0 radical (unpaired) electrons. The zero-order valence-electron chi connectivity index (χ0n) is 9.20. The molecule has 0 aliphatic carbocycles. The largest absolute Gasteiger partial charge is 0.660 e. The Kier molecular flexibility index (Phi) is 3.08. The lowest BCUT2D eigenvalue weighted by Gasteiger charge is -2.19. The Morgan fingerprint density at radius 3 is 2.80 bits per heavy atom. The van der Waals surface area contributed by atoms with Crippen LogP contribution < -0.4 is 9.80 Å². The van der Waals surface area contributed by atoms with Gasteiger partial charge in [0.25, 0.3) is 5.69 Å². The summed E-state index contributed by atoms with van der Waals surface area (Å²) in [7, 11) is 0. The maximum Gasteiger partial charge on any atom is 0.268 e. The van der Waals surface area contributed by atoms with Crippen molar-refractivity contribution in [3.05, 3.63) is 11.4 Å². The van der Waals surface area contributed by atoms with Gasteiger partial charge in [-0.2, -0.15) is 5.01 Å². The molecule has 1 saturated heterocycles. The molecule has 0 unspecified atom stereocenters. The molecule has 5 nitrogen and oxygen atoms in total. The Labute approximate surface area is 89.8 Å².